The molecule has 0 aliphatic rings. The predicted octanol–water partition coefficient (Wildman–Crippen LogP) is 3.04. The van der Waals surface area contributed by atoms with Gasteiger partial charge in [0.1, 0.15) is 11.4 Å². The van der Waals surface area contributed by atoms with Crippen LogP contribution < -0.4 is 9.50 Å². The summed E-state index contributed by atoms with van der Waals surface area (Å²) < 4.78 is 72.8. The van der Waals surface area contributed by atoms with Crippen LogP contribution in [0.25, 0.3) is 0 Å². The quantitative estimate of drug-likeness (QED) is 0.422. The molecule has 0 saturated carbocycles. The molecule has 12 heteroatoms. The number of carbonyl (C=O) groups is 2. The van der Waals surface area contributed by atoms with Crippen LogP contribution in [-0.4, -0.2) is 38.7 Å². The maximum atomic E-state index is 12.4. The monoisotopic (exact) mass is 427 g/mol. The number of ether oxygens (including phenoxy) is 2. The molecule has 0 aromatic heterocycles. The summed E-state index contributed by atoms with van der Waals surface area (Å²) in [5.74, 6) is -1.25. The number of methoxy groups -OCH3 is 1. The van der Waals surface area contributed by atoms with E-state index < -0.39 is 45.1 Å². The van der Waals surface area contributed by atoms with Gasteiger partial charge < -0.3 is 19.0 Å². The summed E-state index contributed by atoms with van der Waals surface area (Å²) in [5, 5.41) is 2.45. The number of nitrogens with one attached hydrogen (secondary N) is 1. The molecule has 0 aliphatic heterocycles. The van der Waals surface area contributed by atoms with E-state index in [0.29, 0.717) is 0 Å². The summed E-state index contributed by atoms with van der Waals surface area (Å²) in [6.45, 7) is 4.90. The van der Waals surface area contributed by atoms with E-state index in [2.05, 4.69) is 14.2 Å². The standard InChI is InChI=1S/C16H20F3NO7S/c1-15(2,3)26-14(22)20-12(9-13(21)25-4)10-5-7-11(8-6-10)27-28(23,24)16(17,18)19/h5-8,12H,9H2,1-4H3,(H,20,22)/t12-/m1/s1. The second-order valence-electron chi connectivity index (χ2n) is 6.53. The Labute approximate surface area is 160 Å². The van der Waals surface area contributed by atoms with Gasteiger partial charge in [0.2, 0.25) is 0 Å². The lowest BCUT2D eigenvalue weighted by Crippen LogP contribution is -2.36. The Morgan fingerprint density at radius 2 is 1.64 bits per heavy atom. The lowest BCUT2D eigenvalue weighted by Gasteiger charge is -2.23. The molecule has 0 aliphatic carbocycles. The maximum absolute atomic E-state index is 12.4. The number of hydrogen-bond donors (Lipinski definition) is 1. The van der Waals surface area contributed by atoms with E-state index in [4.69, 9.17) is 4.74 Å². The van der Waals surface area contributed by atoms with Crippen molar-refractivity contribution < 1.29 is 44.8 Å². The van der Waals surface area contributed by atoms with Gasteiger partial charge in [0.15, 0.2) is 0 Å². The van der Waals surface area contributed by atoms with Crippen molar-refractivity contribution in [3.8, 4) is 5.75 Å². The van der Waals surface area contributed by atoms with E-state index in [1.165, 1.54) is 12.1 Å². The van der Waals surface area contributed by atoms with Crippen LogP contribution in [0, 0.1) is 0 Å². The third-order valence-corrected chi connectivity index (χ3v) is 4.04. The van der Waals surface area contributed by atoms with Crippen molar-refractivity contribution in [1.29, 1.82) is 0 Å². The second-order valence-corrected chi connectivity index (χ2v) is 8.07. The number of halogens is 3. The molecule has 0 unspecified atom stereocenters. The Hall–Kier alpha value is -2.50. The molecule has 8 nitrogen and oxygen atoms in total. The number of benzene rings is 1. The first kappa shape index (κ1) is 23.5. The number of amides is 1. The van der Waals surface area contributed by atoms with Crippen molar-refractivity contribution in [3.05, 3.63) is 29.8 Å². The minimum atomic E-state index is -5.81. The van der Waals surface area contributed by atoms with Gasteiger partial charge in [0, 0.05) is 0 Å². The van der Waals surface area contributed by atoms with Crippen molar-refractivity contribution in [2.75, 3.05) is 7.11 Å². The fourth-order valence-electron chi connectivity index (χ4n) is 1.88. The first-order valence-corrected chi connectivity index (χ1v) is 9.22. The number of rotatable bonds is 6. The van der Waals surface area contributed by atoms with Gasteiger partial charge in [-0.05, 0) is 38.5 Å². The Morgan fingerprint density at radius 3 is 2.07 bits per heavy atom. The van der Waals surface area contributed by atoms with Crippen LogP contribution in [0.5, 0.6) is 5.75 Å². The third-order valence-electron chi connectivity index (χ3n) is 3.06. The summed E-state index contributed by atoms with van der Waals surface area (Å²) in [7, 11) is -4.67. The number of alkyl carbamates (subject to hydrolysis) is 1. The molecule has 1 atom stereocenters. The molecule has 28 heavy (non-hydrogen) atoms. The highest BCUT2D eigenvalue weighted by Gasteiger charge is 2.48. The number of hydrogen-bond acceptors (Lipinski definition) is 7. The summed E-state index contributed by atoms with van der Waals surface area (Å²) in [6.07, 6.45) is -1.13. The number of alkyl halides is 3. The molecule has 0 heterocycles. The molecule has 1 amide bonds. The van der Waals surface area contributed by atoms with Crippen LogP contribution >= 0.6 is 0 Å². The van der Waals surface area contributed by atoms with Crippen molar-refractivity contribution in [3.63, 3.8) is 0 Å². The Kier molecular flexibility index (Phi) is 7.29. The topological polar surface area (TPSA) is 108 Å². The number of esters is 1. The summed E-state index contributed by atoms with van der Waals surface area (Å²) in [4.78, 5) is 23.5. The molecule has 1 rings (SSSR count). The average molecular weight is 427 g/mol. The van der Waals surface area contributed by atoms with Gasteiger partial charge in [-0.3, -0.25) is 4.79 Å². The molecule has 158 valence electrons. The highest BCUT2D eigenvalue weighted by molar-refractivity contribution is 7.88. The van der Waals surface area contributed by atoms with Crippen LogP contribution in [0.3, 0.4) is 0 Å². The van der Waals surface area contributed by atoms with Crippen LogP contribution in [-0.2, 0) is 24.4 Å². The van der Waals surface area contributed by atoms with Gasteiger partial charge in [-0.15, -0.1) is 0 Å². The Morgan fingerprint density at radius 1 is 1.11 bits per heavy atom. The summed E-state index contributed by atoms with van der Waals surface area (Å²) in [5.41, 5.74) is -6.09. The smallest absolute Gasteiger partial charge is 0.469 e. The lowest BCUT2D eigenvalue weighted by atomic mass is 10.0. The first-order valence-electron chi connectivity index (χ1n) is 7.81. The van der Waals surface area contributed by atoms with Crippen LogP contribution in [0.15, 0.2) is 24.3 Å². The third kappa shape index (κ3) is 7.25. The SMILES string of the molecule is COC(=O)C[C@@H](NC(=O)OC(C)(C)C)c1ccc(OS(=O)(=O)C(F)(F)F)cc1. The zero-order chi connectivity index (χ0) is 21.8. The van der Waals surface area contributed by atoms with Gasteiger partial charge in [-0.25, -0.2) is 4.79 Å². The average Bonchev–Trinajstić information content (AvgIpc) is 2.51. The first-order chi connectivity index (χ1) is 12.6. The lowest BCUT2D eigenvalue weighted by molar-refractivity contribution is -0.141. The van der Waals surface area contributed by atoms with E-state index in [1.807, 2.05) is 0 Å². The Balaban J connectivity index is 3.02. The van der Waals surface area contributed by atoms with E-state index in [0.717, 1.165) is 19.2 Å². The molecule has 0 saturated heterocycles. The predicted molar refractivity (Wildman–Crippen MR) is 90.8 cm³/mol. The molecule has 0 bridgehead atoms. The van der Waals surface area contributed by atoms with Gasteiger partial charge in [0.05, 0.1) is 19.6 Å². The summed E-state index contributed by atoms with van der Waals surface area (Å²) >= 11 is 0. The van der Waals surface area contributed by atoms with Gasteiger partial charge in [0.25, 0.3) is 0 Å². The number of carbonyl (C=O) groups excluding carboxylic acids is 2. The minimum Gasteiger partial charge on any atom is -0.469 e. The second kappa shape index (κ2) is 8.67. The molecular weight excluding hydrogens is 407 g/mol. The Bertz CT molecular complexity index is 799. The summed E-state index contributed by atoms with van der Waals surface area (Å²) in [6, 6.07) is 3.38. The van der Waals surface area contributed by atoms with Crippen molar-refractivity contribution >= 4 is 22.2 Å². The fourth-order valence-corrected chi connectivity index (χ4v) is 2.34. The van der Waals surface area contributed by atoms with E-state index in [9.17, 15) is 31.2 Å². The van der Waals surface area contributed by atoms with Crippen LogP contribution in [0.1, 0.15) is 38.8 Å². The minimum absolute atomic E-state index is 0.285. The maximum Gasteiger partial charge on any atom is 0.534 e. The zero-order valence-corrected chi connectivity index (χ0v) is 16.3. The molecule has 1 aromatic carbocycles. The molecule has 0 radical (unpaired) electrons. The van der Waals surface area contributed by atoms with E-state index in [-0.39, 0.29) is 12.0 Å². The van der Waals surface area contributed by atoms with Gasteiger partial charge >= 0.3 is 27.7 Å². The molecule has 1 aromatic rings. The molecule has 1 N–H and O–H groups in total. The van der Waals surface area contributed by atoms with Crippen molar-refractivity contribution in [2.24, 2.45) is 0 Å². The van der Waals surface area contributed by atoms with Gasteiger partial charge in [-0.1, -0.05) is 12.1 Å². The van der Waals surface area contributed by atoms with Gasteiger partial charge in [-0.2, -0.15) is 21.6 Å². The van der Waals surface area contributed by atoms with E-state index >= 15 is 0 Å². The van der Waals surface area contributed by atoms with Crippen molar-refractivity contribution in [2.45, 2.75) is 44.3 Å². The van der Waals surface area contributed by atoms with Crippen molar-refractivity contribution in [1.82, 2.24) is 5.32 Å². The highest BCUT2D eigenvalue weighted by Crippen LogP contribution is 2.28. The largest absolute Gasteiger partial charge is 0.534 e. The molecule has 0 fully saturated rings. The zero-order valence-electron chi connectivity index (χ0n) is 15.5. The van der Waals surface area contributed by atoms with Crippen LogP contribution in [0.2, 0.25) is 0 Å². The molecular formula is C16H20F3NO7S. The van der Waals surface area contributed by atoms with E-state index in [1.54, 1.807) is 20.8 Å². The highest BCUT2D eigenvalue weighted by atomic mass is 32.2. The normalized spacial score (nSPS) is 13.4. The van der Waals surface area contributed by atoms with Crippen LogP contribution in [0.4, 0.5) is 18.0 Å². The fraction of sp³-hybridized carbons (Fsp3) is 0.500. The molecule has 0 spiro atoms.